The summed E-state index contributed by atoms with van der Waals surface area (Å²) in [7, 11) is 0. The summed E-state index contributed by atoms with van der Waals surface area (Å²) in [4.78, 5) is 23.4. The van der Waals surface area contributed by atoms with E-state index >= 15 is 0 Å². The van der Waals surface area contributed by atoms with Gasteiger partial charge in [-0.15, -0.1) is 0 Å². The first-order valence-corrected chi connectivity index (χ1v) is 6.72. The Bertz CT molecular complexity index is 478. The molecule has 0 aliphatic carbocycles. The summed E-state index contributed by atoms with van der Waals surface area (Å²) in [5, 5.41) is 2.68. The SMILES string of the molecule is CC(C)CNC(=O)COC(=O)c1cc(N)cn1C(C)C. The molecule has 112 valence electrons. The molecule has 0 saturated carbocycles. The second kappa shape index (κ2) is 6.98. The van der Waals surface area contributed by atoms with Crippen LogP contribution in [0.1, 0.15) is 44.2 Å². The van der Waals surface area contributed by atoms with Crippen molar-refractivity contribution >= 4 is 17.6 Å². The summed E-state index contributed by atoms with van der Waals surface area (Å²) in [5.41, 5.74) is 6.54. The summed E-state index contributed by atoms with van der Waals surface area (Å²) < 4.78 is 6.72. The molecule has 0 aliphatic rings. The molecule has 6 nitrogen and oxygen atoms in total. The van der Waals surface area contributed by atoms with Crippen LogP contribution in [0.15, 0.2) is 12.3 Å². The van der Waals surface area contributed by atoms with Crippen molar-refractivity contribution < 1.29 is 14.3 Å². The lowest BCUT2D eigenvalue weighted by atomic mass is 10.2. The molecule has 0 spiro atoms. The first kappa shape index (κ1) is 16.1. The molecule has 0 atom stereocenters. The number of nitrogens with two attached hydrogens (primary N) is 1. The fourth-order valence-corrected chi connectivity index (χ4v) is 1.67. The Hall–Kier alpha value is -1.98. The van der Waals surface area contributed by atoms with Gasteiger partial charge >= 0.3 is 5.97 Å². The molecule has 1 rings (SSSR count). The Morgan fingerprint density at radius 3 is 2.55 bits per heavy atom. The van der Waals surface area contributed by atoms with Crippen LogP contribution in [0.25, 0.3) is 0 Å². The van der Waals surface area contributed by atoms with E-state index in [9.17, 15) is 9.59 Å². The highest BCUT2D eigenvalue weighted by molar-refractivity contribution is 5.91. The Balaban J connectivity index is 2.57. The zero-order chi connectivity index (χ0) is 15.3. The predicted octanol–water partition coefficient (Wildman–Crippen LogP) is 1.58. The van der Waals surface area contributed by atoms with Gasteiger partial charge in [0.2, 0.25) is 0 Å². The molecule has 0 fully saturated rings. The van der Waals surface area contributed by atoms with Gasteiger partial charge in [0, 0.05) is 18.8 Å². The highest BCUT2D eigenvalue weighted by Gasteiger charge is 2.17. The number of nitrogen functional groups attached to an aromatic ring is 1. The minimum Gasteiger partial charge on any atom is -0.451 e. The molecule has 0 bridgehead atoms. The smallest absolute Gasteiger partial charge is 0.355 e. The van der Waals surface area contributed by atoms with E-state index in [0.717, 1.165) is 0 Å². The van der Waals surface area contributed by atoms with Crippen LogP contribution in [0.2, 0.25) is 0 Å². The van der Waals surface area contributed by atoms with Crippen molar-refractivity contribution in [2.45, 2.75) is 33.7 Å². The van der Waals surface area contributed by atoms with Crippen molar-refractivity contribution in [2.24, 2.45) is 5.92 Å². The average Bonchev–Trinajstić information content (AvgIpc) is 2.75. The second-order valence-corrected chi connectivity index (χ2v) is 5.43. The van der Waals surface area contributed by atoms with Crippen LogP contribution >= 0.6 is 0 Å². The molecule has 1 aromatic heterocycles. The normalized spacial score (nSPS) is 10.9. The van der Waals surface area contributed by atoms with Crippen LogP contribution in [-0.2, 0) is 9.53 Å². The summed E-state index contributed by atoms with van der Waals surface area (Å²) in [5.74, 6) is -0.495. The monoisotopic (exact) mass is 281 g/mol. The molecule has 1 aromatic rings. The molecule has 20 heavy (non-hydrogen) atoms. The Morgan fingerprint density at radius 1 is 1.35 bits per heavy atom. The molecule has 0 saturated heterocycles. The van der Waals surface area contributed by atoms with Gasteiger partial charge in [-0.25, -0.2) is 4.79 Å². The number of amides is 1. The fourth-order valence-electron chi connectivity index (χ4n) is 1.67. The second-order valence-electron chi connectivity index (χ2n) is 5.43. The average molecular weight is 281 g/mol. The lowest BCUT2D eigenvalue weighted by Gasteiger charge is -2.12. The topological polar surface area (TPSA) is 86.3 Å². The van der Waals surface area contributed by atoms with Gasteiger partial charge in [-0.05, 0) is 25.8 Å². The van der Waals surface area contributed by atoms with Crippen LogP contribution in [0.3, 0.4) is 0 Å². The zero-order valence-corrected chi connectivity index (χ0v) is 12.5. The Morgan fingerprint density at radius 2 is 2.00 bits per heavy atom. The third-order valence-electron chi connectivity index (χ3n) is 2.68. The van der Waals surface area contributed by atoms with E-state index in [1.807, 2.05) is 27.7 Å². The van der Waals surface area contributed by atoms with Gasteiger partial charge in [0.1, 0.15) is 5.69 Å². The van der Waals surface area contributed by atoms with E-state index in [4.69, 9.17) is 10.5 Å². The summed E-state index contributed by atoms with van der Waals surface area (Å²) in [6.07, 6.45) is 1.68. The van der Waals surface area contributed by atoms with Crippen molar-refractivity contribution in [3.63, 3.8) is 0 Å². The number of hydrogen-bond donors (Lipinski definition) is 2. The van der Waals surface area contributed by atoms with Gasteiger partial charge in [-0.3, -0.25) is 4.79 Å². The molecule has 0 aliphatic heterocycles. The first-order valence-electron chi connectivity index (χ1n) is 6.72. The van der Waals surface area contributed by atoms with E-state index in [1.165, 1.54) is 0 Å². The Labute approximate surface area is 119 Å². The molecule has 0 radical (unpaired) electrons. The summed E-state index contributed by atoms with van der Waals surface area (Å²) in [6, 6.07) is 1.64. The zero-order valence-electron chi connectivity index (χ0n) is 12.5. The first-order chi connectivity index (χ1) is 9.31. The van der Waals surface area contributed by atoms with Crippen molar-refractivity contribution in [3.05, 3.63) is 18.0 Å². The Kier molecular flexibility index (Phi) is 5.61. The van der Waals surface area contributed by atoms with Crippen molar-refractivity contribution in [1.82, 2.24) is 9.88 Å². The lowest BCUT2D eigenvalue weighted by Crippen LogP contribution is -2.31. The molecule has 1 amide bonds. The highest BCUT2D eigenvalue weighted by atomic mass is 16.5. The van der Waals surface area contributed by atoms with Gasteiger partial charge in [0.05, 0.1) is 5.69 Å². The number of aromatic nitrogens is 1. The number of rotatable bonds is 6. The van der Waals surface area contributed by atoms with Crippen LogP contribution in [0.4, 0.5) is 5.69 Å². The third-order valence-corrected chi connectivity index (χ3v) is 2.68. The number of anilines is 1. The minimum absolute atomic E-state index is 0.0876. The van der Waals surface area contributed by atoms with Gasteiger partial charge in [-0.2, -0.15) is 0 Å². The summed E-state index contributed by atoms with van der Waals surface area (Å²) in [6.45, 7) is 8.13. The number of nitrogens with one attached hydrogen (secondary N) is 1. The number of nitrogens with zero attached hydrogens (tertiary/aromatic N) is 1. The van der Waals surface area contributed by atoms with Gasteiger partial charge in [-0.1, -0.05) is 13.8 Å². The molecular formula is C14H23N3O3. The summed E-state index contributed by atoms with van der Waals surface area (Å²) >= 11 is 0. The molecule has 0 aromatic carbocycles. The maximum atomic E-state index is 11.9. The van der Waals surface area contributed by atoms with E-state index < -0.39 is 5.97 Å². The molecule has 1 heterocycles. The standard InChI is InChI=1S/C14H23N3O3/c1-9(2)6-16-13(18)8-20-14(19)12-5-11(15)7-17(12)10(3)4/h5,7,9-10H,6,8,15H2,1-4H3,(H,16,18). The van der Waals surface area contributed by atoms with Gasteiger partial charge in [0.25, 0.3) is 5.91 Å². The fraction of sp³-hybridized carbons (Fsp3) is 0.571. The largest absolute Gasteiger partial charge is 0.451 e. The highest BCUT2D eigenvalue weighted by Crippen LogP contribution is 2.17. The van der Waals surface area contributed by atoms with E-state index in [2.05, 4.69) is 5.32 Å². The number of carbonyl (C=O) groups excluding carboxylic acids is 2. The van der Waals surface area contributed by atoms with Crippen LogP contribution < -0.4 is 11.1 Å². The molecule has 0 unspecified atom stereocenters. The number of esters is 1. The van der Waals surface area contributed by atoms with E-state index in [-0.39, 0.29) is 18.6 Å². The maximum Gasteiger partial charge on any atom is 0.355 e. The van der Waals surface area contributed by atoms with E-state index in [1.54, 1.807) is 16.8 Å². The van der Waals surface area contributed by atoms with Crippen molar-refractivity contribution in [1.29, 1.82) is 0 Å². The van der Waals surface area contributed by atoms with Crippen LogP contribution in [0.5, 0.6) is 0 Å². The minimum atomic E-state index is -0.546. The van der Waals surface area contributed by atoms with Gasteiger partial charge in [0.15, 0.2) is 6.61 Å². The van der Waals surface area contributed by atoms with Crippen LogP contribution in [0, 0.1) is 5.92 Å². The van der Waals surface area contributed by atoms with Crippen molar-refractivity contribution in [3.8, 4) is 0 Å². The van der Waals surface area contributed by atoms with Crippen LogP contribution in [-0.4, -0.2) is 29.6 Å². The predicted molar refractivity (Wildman–Crippen MR) is 77.4 cm³/mol. The number of hydrogen-bond acceptors (Lipinski definition) is 4. The third kappa shape index (κ3) is 4.60. The molecule has 6 heteroatoms. The van der Waals surface area contributed by atoms with Crippen molar-refractivity contribution in [2.75, 3.05) is 18.9 Å². The van der Waals surface area contributed by atoms with Gasteiger partial charge < -0.3 is 20.4 Å². The lowest BCUT2D eigenvalue weighted by molar-refractivity contribution is -0.124. The number of carbonyl (C=O) groups is 2. The number of ether oxygens (including phenoxy) is 1. The quantitative estimate of drug-likeness (QED) is 0.775. The van der Waals surface area contributed by atoms with E-state index in [0.29, 0.717) is 23.8 Å². The maximum absolute atomic E-state index is 11.9. The molecular weight excluding hydrogens is 258 g/mol. The molecule has 3 N–H and O–H groups in total.